The molecule has 1 heterocycles. The van der Waals surface area contributed by atoms with E-state index in [1.165, 1.54) is 19.3 Å². The van der Waals surface area contributed by atoms with Crippen molar-refractivity contribution in [1.29, 1.82) is 0 Å². The molecular formula is C33H39N5O3. The van der Waals surface area contributed by atoms with E-state index in [0.717, 1.165) is 24.1 Å². The van der Waals surface area contributed by atoms with Crippen LogP contribution in [-0.2, 0) is 6.54 Å². The van der Waals surface area contributed by atoms with Crippen LogP contribution in [0.25, 0.3) is 0 Å². The van der Waals surface area contributed by atoms with Gasteiger partial charge in [-0.25, -0.2) is 4.79 Å². The molecule has 3 aromatic carbocycles. The average Bonchev–Trinajstić information content (AvgIpc) is 3.02. The second-order valence-corrected chi connectivity index (χ2v) is 11.0. The molecule has 1 aliphatic carbocycles. The Bertz CT molecular complexity index is 1330. The van der Waals surface area contributed by atoms with E-state index in [-0.39, 0.29) is 23.9 Å². The van der Waals surface area contributed by atoms with Gasteiger partial charge in [-0.15, -0.1) is 0 Å². The van der Waals surface area contributed by atoms with Gasteiger partial charge < -0.3 is 25.3 Å². The molecule has 0 bridgehead atoms. The predicted molar refractivity (Wildman–Crippen MR) is 162 cm³/mol. The lowest BCUT2D eigenvalue weighted by atomic mass is 9.96. The summed E-state index contributed by atoms with van der Waals surface area (Å²) in [6.45, 7) is 2.87. The Morgan fingerprint density at radius 1 is 0.829 bits per heavy atom. The third-order valence-corrected chi connectivity index (χ3v) is 7.97. The zero-order chi connectivity index (χ0) is 28.6. The van der Waals surface area contributed by atoms with Crippen molar-refractivity contribution in [3.8, 4) is 0 Å². The van der Waals surface area contributed by atoms with Crippen LogP contribution in [0.15, 0.2) is 78.9 Å². The third kappa shape index (κ3) is 7.25. The molecule has 1 saturated carbocycles. The molecule has 4 amide bonds. The zero-order valence-electron chi connectivity index (χ0n) is 23.7. The average molecular weight is 554 g/mol. The first kappa shape index (κ1) is 28.2. The second kappa shape index (κ2) is 13.4. The Balaban J connectivity index is 1.32. The van der Waals surface area contributed by atoms with Crippen LogP contribution in [-0.4, -0.2) is 66.9 Å². The van der Waals surface area contributed by atoms with Crippen LogP contribution >= 0.6 is 0 Å². The molecule has 41 heavy (non-hydrogen) atoms. The second-order valence-electron chi connectivity index (χ2n) is 11.0. The molecule has 8 nitrogen and oxygen atoms in total. The van der Waals surface area contributed by atoms with E-state index in [1.807, 2.05) is 65.6 Å². The molecule has 0 unspecified atom stereocenters. The van der Waals surface area contributed by atoms with Crippen LogP contribution in [0.1, 0.15) is 58.4 Å². The van der Waals surface area contributed by atoms with Crippen molar-refractivity contribution < 1.29 is 14.4 Å². The molecule has 3 aromatic rings. The van der Waals surface area contributed by atoms with Gasteiger partial charge in [0.25, 0.3) is 11.8 Å². The molecule has 214 valence electrons. The van der Waals surface area contributed by atoms with Gasteiger partial charge in [-0.2, -0.15) is 0 Å². The Morgan fingerprint density at radius 2 is 1.49 bits per heavy atom. The quantitative estimate of drug-likeness (QED) is 0.412. The zero-order valence-corrected chi connectivity index (χ0v) is 23.7. The molecule has 0 spiro atoms. The van der Waals surface area contributed by atoms with Crippen molar-refractivity contribution in [3.05, 3.63) is 95.6 Å². The van der Waals surface area contributed by atoms with Crippen molar-refractivity contribution in [2.24, 2.45) is 0 Å². The molecule has 0 aromatic heterocycles. The van der Waals surface area contributed by atoms with Crippen molar-refractivity contribution in [2.45, 2.75) is 44.7 Å². The van der Waals surface area contributed by atoms with Gasteiger partial charge in [0.1, 0.15) is 0 Å². The minimum Gasteiger partial charge on any atom is -0.367 e. The first-order valence-electron chi connectivity index (χ1n) is 14.6. The fourth-order valence-electron chi connectivity index (χ4n) is 5.65. The summed E-state index contributed by atoms with van der Waals surface area (Å²) in [5.41, 5.74) is 3.48. The molecular weight excluding hydrogens is 514 g/mol. The number of benzene rings is 3. The number of urea groups is 1. The third-order valence-electron chi connectivity index (χ3n) is 7.97. The van der Waals surface area contributed by atoms with E-state index in [1.54, 1.807) is 30.1 Å². The molecule has 2 aliphatic rings. The fraction of sp³-hybridized carbons (Fsp3) is 0.364. The van der Waals surface area contributed by atoms with E-state index in [9.17, 15) is 14.4 Å². The maximum atomic E-state index is 13.8. The number of rotatable bonds is 7. The summed E-state index contributed by atoms with van der Waals surface area (Å²) in [7, 11) is 1.79. The van der Waals surface area contributed by atoms with Crippen molar-refractivity contribution >= 4 is 29.2 Å². The number of piperazine rings is 1. The van der Waals surface area contributed by atoms with Crippen LogP contribution in [0, 0.1) is 0 Å². The first-order valence-corrected chi connectivity index (χ1v) is 14.6. The summed E-state index contributed by atoms with van der Waals surface area (Å²) >= 11 is 0. The minimum atomic E-state index is -0.230. The fourth-order valence-corrected chi connectivity index (χ4v) is 5.65. The maximum absolute atomic E-state index is 13.8. The maximum Gasteiger partial charge on any atom is 0.317 e. The van der Waals surface area contributed by atoms with Crippen LogP contribution in [0.5, 0.6) is 0 Å². The molecule has 8 heteroatoms. The molecule has 5 rings (SSSR count). The number of nitrogens with one attached hydrogen (secondary N) is 2. The van der Waals surface area contributed by atoms with Gasteiger partial charge in [0.15, 0.2) is 0 Å². The number of amides is 4. The van der Waals surface area contributed by atoms with E-state index in [4.69, 9.17) is 0 Å². The summed E-state index contributed by atoms with van der Waals surface area (Å²) in [5.74, 6) is -0.357. The van der Waals surface area contributed by atoms with Gasteiger partial charge in [0.2, 0.25) is 0 Å². The highest BCUT2D eigenvalue weighted by Gasteiger charge is 2.27. The summed E-state index contributed by atoms with van der Waals surface area (Å²) < 4.78 is 0. The van der Waals surface area contributed by atoms with Crippen LogP contribution < -0.4 is 15.5 Å². The highest BCUT2D eigenvalue weighted by Crippen LogP contribution is 2.28. The minimum absolute atomic E-state index is 0.00872. The normalized spacial score (nSPS) is 15.7. The number of carbonyl (C=O) groups is 3. The molecule has 2 N–H and O–H groups in total. The lowest BCUT2D eigenvalue weighted by Gasteiger charge is -2.38. The Labute approximate surface area is 242 Å². The Morgan fingerprint density at radius 3 is 2.17 bits per heavy atom. The molecule has 0 atom stereocenters. The number of anilines is 2. The van der Waals surface area contributed by atoms with Crippen LogP contribution in [0.3, 0.4) is 0 Å². The van der Waals surface area contributed by atoms with E-state index in [2.05, 4.69) is 15.5 Å². The highest BCUT2D eigenvalue weighted by molar-refractivity contribution is 6.06. The van der Waals surface area contributed by atoms with Crippen molar-refractivity contribution in [3.63, 3.8) is 0 Å². The standard InChI is InChI=1S/C33H39N5O3/c1-36(24-25-11-5-2-6-12-25)32(40)29-23-28(34-31(39)26-13-7-3-8-14-26)17-18-30(29)37-19-21-38(22-20-37)33(41)35-27-15-9-4-10-16-27/h2-3,5-8,11-14,17-18,23,27H,4,9-10,15-16,19-22,24H2,1H3,(H,34,39)(H,35,41). The first-order chi connectivity index (χ1) is 20.0. The monoisotopic (exact) mass is 553 g/mol. The van der Waals surface area contributed by atoms with Crippen molar-refractivity contribution in [1.82, 2.24) is 15.1 Å². The Kier molecular flexibility index (Phi) is 9.19. The topological polar surface area (TPSA) is 85.0 Å². The van der Waals surface area contributed by atoms with Crippen molar-refractivity contribution in [2.75, 3.05) is 43.4 Å². The summed E-state index contributed by atoms with van der Waals surface area (Å²) in [6, 6.07) is 24.7. The predicted octanol–water partition coefficient (Wildman–Crippen LogP) is 5.38. The molecule has 0 radical (unpaired) electrons. The van der Waals surface area contributed by atoms with Gasteiger partial charge in [0, 0.05) is 62.8 Å². The summed E-state index contributed by atoms with van der Waals surface area (Å²) in [4.78, 5) is 45.3. The SMILES string of the molecule is CN(Cc1ccccc1)C(=O)c1cc(NC(=O)c2ccccc2)ccc1N1CCN(C(=O)NC2CCCCC2)CC1. The van der Waals surface area contributed by atoms with E-state index in [0.29, 0.717) is 49.5 Å². The highest BCUT2D eigenvalue weighted by atomic mass is 16.2. The number of hydrogen-bond acceptors (Lipinski definition) is 4. The van der Waals surface area contributed by atoms with Crippen LogP contribution in [0.2, 0.25) is 0 Å². The van der Waals surface area contributed by atoms with E-state index >= 15 is 0 Å². The van der Waals surface area contributed by atoms with Gasteiger partial charge in [-0.05, 0) is 48.7 Å². The number of nitrogens with zero attached hydrogens (tertiary/aromatic N) is 3. The smallest absolute Gasteiger partial charge is 0.317 e. The van der Waals surface area contributed by atoms with Crippen LogP contribution in [0.4, 0.5) is 16.2 Å². The van der Waals surface area contributed by atoms with Gasteiger partial charge in [0.05, 0.1) is 5.56 Å². The summed E-state index contributed by atoms with van der Waals surface area (Å²) in [5, 5.41) is 6.16. The molecule has 1 aliphatic heterocycles. The lowest BCUT2D eigenvalue weighted by molar-refractivity contribution is 0.0785. The number of carbonyl (C=O) groups excluding carboxylic acids is 3. The van der Waals surface area contributed by atoms with E-state index < -0.39 is 0 Å². The van der Waals surface area contributed by atoms with Gasteiger partial charge >= 0.3 is 6.03 Å². The Hall–Kier alpha value is -4.33. The van der Waals surface area contributed by atoms with Gasteiger partial charge in [-0.1, -0.05) is 67.8 Å². The molecule has 1 saturated heterocycles. The lowest BCUT2D eigenvalue weighted by Crippen LogP contribution is -2.54. The largest absolute Gasteiger partial charge is 0.367 e. The number of hydrogen-bond donors (Lipinski definition) is 2. The molecule has 2 fully saturated rings. The van der Waals surface area contributed by atoms with Gasteiger partial charge in [-0.3, -0.25) is 9.59 Å². The summed E-state index contributed by atoms with van der Waals surface area (Å²) in [6.07, 6.45) is 5.72.